The largest absolute Gasteiger partial charge is 0.508 e. The van der Waals surface area contributed by atoms with Crippen molar-refractivity contribution in [1.29, 1.82) is 0 Å². The number of benzene rings is 1. The van der Waals surface area contributed by atoms with E-state index in [2.05, 4.69) is 0 Å². The molecule has 0 saturated heterocycles. The van der Waals surface area contributed by atoms with Crippen molar-refractivity contribution in [3.05, 3.63) is 24.3 Å². The van der Waals surface area contributed by atoms with Crippen LogP contribution in [0.4, 0.5) is 0 Å². The first-order valence-electron chi connectivity index (χ1n) is 5.32. The standard InChI is InChI=1S/C12H15NO5/c1-8(12(16)17)13(2)11(15)7-18-10-5-3-9(14)4-6-10/h3-6,8,14H,7H2,1-2H3,(H,16,17). The summed E-state index contributed by atoms with van der Waals surface area (Å²) in [6.45, 7) is 1.17. The smallest absolute Gasteiger partial charge is 0.326 e. The highest BCUT2D eigenvalue weighted by Crippen LogP contribution is 2.15. The monoisotopic (exact) mass is 253 g/mol. The van der Waals surface area contributed by atoms with Gasteiger partial charge in [-0.05, 0) is 31.2 Å². The van der Waals surface area contributed by atoms with E-state index >= 15 is 0 Å². The van der Waals surface area contributed by atoms with E-state index in [4.69, 9.17) is 14.9 Å². The number of hydrogen-bond acceptors (Lipinski definition) is 4. The van der Waals surface area contributed by atoms with Crippen LogP contribution in [0, 0.1) is 0 Å². The zero-order valence-electron chi connectivity index (χ0n) is 10.2. The molecule has 1 aromatic carbocycles. The molecule has 1 aromatic rings. The molecule has 1 unspecified atom stereocenters. The van der Waals surface area contributed by atoms with Gasteiger partial charge in [0, 0.05) is 7.05 Å². The van der Waals surface area contributed by atoms with Crippen LogP contribution in [-0.4, -0.2) is 46.7 Å². The summed E-state index contributed by atoms with van der Waals surface area (Å²) in [5.41, 5.74) is 0. The van der Waals surface area contributed by atoms with Gasteiger partial charge in [0.25, 0.3) is 5.91 Å². The second-order valence-electron chi connectivity index (χ2n) is 3.80. The number of nitrogens with zero attached hydrogens (tertiary/aromatic N) is 1. The van der Waals surface area contributed by atoms with Gasteiger partial charge in [0.15, 0.2) is 6.61 Å². The molecule has 0 saturated carbocycles. The lowest BCUT2D eigenvalue weighted by atomic mass is 10.3. The minimum atomic E-state index is -1.07. The van der Waals surface area contributed by atoms with Crippen LogP contribution in [0.25, 0.3) is 0 Å². The van der Waals surface area contributed by atoms with E-state index in [0.29, 0.717) is 5.75 Å². The first-order chi connectivity index (χ1) is 8.41. The Morgan fingerprint density at radius 1 is 1.33 bits per heavy atom. The van der Waals surface area contributed by atoms with Crippen molar-refractivity contribution in [3.8, 4) is 11.5 Å². The summed E-state index contributed by atoms with van der Waals surface area (Å²) in [4.78, 5) is 23.4. The maximum Gasteiger partial charge on any atom is 0.326 e. The van der Waals surface area contributed by atoms with Crippen molar-refractivity contribution in [2.45, 2.75) is 13.0 Å². The number of ether oxygens (including phenoxy) is 1. The first-order valence-corrected chi connectivity index (χ1v) is 5.32. The van der Waals surface area contributed by atoms with Gasteiger partial charge in [0.1, 0.15) is 17.5 Å². The van der Waals surface area contributed by atoms with Crippen LogP contribution in [0.5, 0.6) is 11.5 Å². The Morgan fingerprint density at radius 2 is 1.89 bits per heavy atom. The third kappa shape index (κ3) is 3.65. The SMILES string of the molecule is CC(C(=O)O)N(C)C(=O)COc1ccc(O)cc1. The van der Waals surface area contributed by atoms with E-state index in [1.807, 2.05) is 0 Å². The average molecular weight is 253 g/mol. The van der Waals surface area contributed by atoms with Gasteiger partial charge in [-0.15, -0.1) is 0 Å². The van der Waals surface area contributed by atoms with Crippen LogP contribution >= 0.6 is 0 Å². The molecule has 0 aromatic heterocycles. The highest BCUT2D eigenvalue weighted by Gasteiger charge is 2.21. The van der Waals surface area contributed by atoms with Gasteiger partial charge in [-0.2, -0.15) is 0 Å². The number of carbonyl (C=O) groups excluding carboxylic acids is 1. The fraction of sp³-hybridized carbons (Fsp3) is 0.333. The summed E-state index contributed by atoms with van der Waals surface area (Å²) < 4.78 is 5.18. The molecule has 0 spiro atoms. The van der Waals surface area contributed by atoms with Gasteiger partial charge in [-0.25, -0.2) is 4.79 Å². The molecule has 1 atom stereocenters. The Bertz CT molecular complexity index is 429. The Labute approximate surface area is 104 Å². The summed E-state index contributed by atoms with van der Waals surface area (Å²) in [6.07, 6.45) is 0. The average Bonchev–Trinajstić information content (AvgIpc) is 2.35. The molecule has 2 N–H and O–H groups in total. The zero-order chi connectivity index (χ0) is 13.7. The van der Waals surface area contributed by atoms with Crippen molar-refractivity contribution < 1.29 is 24.5 Å². The number of amides is 1. The minimum absolute atomic E-state index is 0.102. The molecule has 0 bridgehead atoms. The summed E-state index contributed by atoms with van der Waals surface area (Å²) in [5, 5.41) is 17.8. The van der Waals surface area contributed by atoms with Gasteiger partial charge in [0.2, 0.25) is 0 Å². The minimum Gasteiger partial charge on any atom is -0.508 e. The van der Waals surface area contributed by atoms with E-state index in [0.717, 1.165) is 4.90 Å². The third-order valence-corrected chi connectivity index (χ3v) is 2.53. The lowest BCUT2D eigenvalue weighted by Gasteiger charge is -2.21. The predicted octanol–water partition coefficient (Wildman–Crippen LogP) is 0.702. The quantitative estimate of drug-likeness (QED) is 0.806. The number of rotatable bonds is 5. The molecule has 0 heterocycles. The highest BCUT2D eigenvalue weighted by atomic mass is 16.5. The summed E-state index contributed by atoms with van der Waals surface area (Å²) in [5.74, 6) is -0.976. The van der Waals surface area contributed by atoms with Gasteiger partial charge >= 0.3 is 5.97 Å². The maximum absolute atomic E-state index is 11.6. The number of phenolic OH excluding ortho intramolecular Hbond substituents is 1. The Hall–Kier alpha value is -2.24. The molecule has 6 heteroatoms. The lowest BCUT2D eigenvalue weighted by molar-refractivity contribution is -0.148. The zero-order valence-corrected chi connectivity index (χ0v) is 10.2. The molecule has 0 fully saturated rings. The lowest BCUT2D eigenvalue weighted by Crippen LogP contribution is -2.42. The van der Waals surface area contributed by atoms with Crippen LogP contribution in [0.15, 0.2) is 24.3 Å². The molecular formula is C12H15NO5. The van der Waals surface area contributed by atoms with Gasteiger partial charge in [-0.1, -0.05) is 0 Å². The first kappa shape index (κ1) is 13.8. The molecular weight excluding hydrogens is 238 g/mol. The van der Waals surface area contributed by atoms with Crippen LogP contribution in [0.3, 0.4) is 0 Å². The Kier molecular flexibility index (Phi) is 4.53. The van der Waals surface area contributed by atoms with Crippen molar-refractivity contribution in [2.24, 2.45) is 0 Å². The summed E-state index contributed by atoms with van der Waals surface area (Å²) >= 11 is 0. The van der Waals surface area contributed by atoms with Crippen molar-refractivity contribution in [2.75, 3.05) is 13.7 Å². The van der Waals surface area contributed by atoms with Crippen molar-refractivity contribution in [3.63, 3.8) is 0 Å². The number of hydrogen-bond donors (Lipinski definition) is 2. The normalized spacial score (nSPS) is 11.7. The molecule has 0 aliphatic heterocycles. The second-order valence-corrected chi connectivity index (χ2v) is 3.80. The van der Waals surface area contributed by atoms with Crippen molar-refractivity contribution in [1.82, 2.24) is 4.90 Å². The fourth-order valence-electron chi connectivity index (χ4n) is 1.17. The van der Waals surface area contributed by atoms with E-state index < -0.39 is 17.9 Å². The molecule has 18 heavy (non-hydrogen) atoms. The van der Waals surface area contributed by atoms with E-state index in [1.54, 1.807) is 0 Å². The molecule has 0 aliphatic carbocycles. The van der Waals surface area contributed by atoms with Gasteiger partial charge in [0.05, 0.1) is 0 Å². The van der Waals surface area contributed by atoms with Gasteiger partial charge < -0.3 is 19.8 Å². The molecule has 0 aliphatic rings. The number of likely N-dealkylation sites (N-methyl/N-ethyl adjacent to an activating group) is 1. The van der Waals surface area contributed by atoms with Crippen LogP contribution < -0.4 is 4.74 Å². The van der Waals surface area contributed by atoms with E-state index in [1.165, 1.54) is 38.2 Å². The number of carboxylic acid groups (broad SMARTS) is 1. The molecule has 98 valence electrons. The highest BCUT2D eigenvalue weighted by molar-refractivity contribution is 5.84. The Balaban J connectivity index is 2.50. The number of carboxylic acids is 1. The molecule has 1 rings (SSSR count). The number of carbonyl (C=O) groups is 2. The Morgan fingerprint density at radius 3 is 2.39 bits per heavy atom. The van der Waals surface area contributed by atoms with E-state index in [-0.39, 0.29) is 12.4 Å². The molecule has 0 radical (unpaired) electrons. The molecule has 1 amide bonds. The number of aliphatic carboxylic acids is 1. The fourth-order valence-corrected chi connectivity index (χ4v) is 1.17. The summed E-state index contributed by atoms with van der Waals surface area (Å²) in [7, 11) is 1.40. The topological polar surface area (TPSA) is 87.1 Å². The predicted molar refractivity (Wildman–Crippen MR) is 63.5 cm³/mol. The number of aromatic hydroxyl groups is 1. The molecule has 6 nitrogen and oxygen atoms in total. The van der Waals surface area contributed by atoms with Gasteiger partial charge in [-0.3, -0.25) is 4.79 Å². The van der Waals surface area contributed by atoms with Crippen molar-refractivity contribution >= 4 is 11.9 Å². The number of phenols is 1. The maximum atomic E-state index is 11.6. The second kappa shape index (κ2) is 5.90. The van der Waals surface area contributed by atoms with Crippen LogP contribution in [-0.2, 0) is 9.59 Å². The van der Waals surface area contributed by atoms with E-state index in [9.17, 15) is 9.59 Å². The summed E-state index contributed by atoms with van der Waals surface area (Å²) in [6, 6.07) is 5.00. The van der Waals surface area contributed by atoms with Crippen LogP contribution in [0.1, 0.15) is 6.92 Å². The third-order valence-electron chi connectivity index (χ3n) is 2.53. The van der Waals surface area contributed by atoms with Crippen LogP contribution in [0.2, 0.25) is 0 Å².